The van der Waals surface area contributed by atoms with Gasteiger partial charge >= 0.3 is 0 Å². The van der Waals surface area contributed by atoms with Gasteiger partial charge in [0.25, 0.3) is 0 Å². The zero-order valence-electron chi connectivity index (χ0n) is 12.0. The summed E-state index contributed by atoms with van der Waals surface area (Å²) in [5.41, 5.74) is 1.96. The van der Waals surface area contributed by atoms with Crippen LogP contribution in [0.1, 0.15) is 24.2 Å². The van der Waals surface area contributed by atoms with Crippen molar-refractivity contribution in [1.29, 1.82) is 0 Å². The molecule has 0 bridgehead atoms. The first-order valence-electron chi connectivity index (χ1n) is 6.84. The summed E-state index contributed by atoms with van der Waals surface area (Å²) in [6.07, 6.45) is 2.00. The summed E-state index contributed by atoms with van der Waals surface area (Å²) in [5.74, 6) is 0. The van der Waals surface area contributed by atoms with Crippen LogP contribution in [0.3, 0.4) is 0 Å². The molecule has 0 radical (unpaired) electrons. The average Bonchev–Trinajstić information content (AvgIpc) is 2.91. The van der Waals surface area contributed by atoms with E-state index in [1.807, 2.05) is 32.2 Å². The summed E-state index contributed by atoms with van der Waals surface area (Å²) >= 11 is 3.41. The summed E-state index contributed by atoms with van der Waals surface area (Å²) in [7, 11) is -3.47. The maximum absolute atomic E-state index is 12.9. The van der Waals surface area contributed by atoms with Gasteiger partial charge in [-0.15, -0.1) is 0 Å². The molecule has 1 aromatic heterocycles. The van der Waals surface area contributed by atoms with Gasteiger partial charge in [-0.05, 0) is 49.7 Å². The van der Waals surface area contributed by atoms with Crippen LogP contribution in [0.15, 0.2) is 45.9 Å². The smallest absolute Gasteiger partial charge is 0.243 e. The molecule has 1 aliphatic heterocycles. The fraction of sp³-hybridized carbons (Fsp3) is 0.333. The Morgan fingerprint density at radius 3 is 2.71 bits per heavy atom. The van der Waals surface area contributed by atoms with Crippen LogP contribution >= 0.6 is 15.9 Å². The highest BCUT2D eigenvalue weighted by atomic mass is 79.9. The van der Waals surface area contributed by atoms with Gasteiger partial charge in [0.1, 0.15) is 0 Å². The highest BCUT2D eigenvalue weighted by Crippen LogP contribution is 2.32. The number of benzene rings is 1. The normalized spacial score (nSPS) is 19.5. The lowest BCUT2D eigenvalue weighted by molar-refractivity contribution is 0.282. The van der Waals surface area contributed by atoms with Crippen LogP contribution in [0.4, 0.5) is 0 Å². The molecule has 112 valence electrons. The van der Waals surface area contributed by atoms with Crippen molar-refractivity contribution in [2.24, 2.45) is 0 Å². The van der Waals surface area contributed by atoms with Crippen LogP contribution in [0, 0.1) is 6.92 Å². The van der Waals surface area contributed by atoms with Crippen molar-refractivity contribution in [3.63, 3.8) is 0 Å². The third-order valence-electron chi connectivity index (χ3n) is 4.02. The monoisotopic (exact) mass is 368 g/mol. The number of halogens is 1. The molecule has 2 heterocycles. The van der Waals surface area contributed by atoms with Crippen molar-refractivity contribution in [1.82, 2.24) is 8.87 Å². The average molecular weight is 369 g/mol. The van der Waals surface area contributed by atoms with Crippen LogP contribution in [0.25, 0.3) is 0 Å². The zero-order valence-corrected chi connectivity index (χ0v) is 14.4. The standard InChI is InChI=1S/C15H17BrN2O2S/c1-11-10-13(5-6-14(11)16)21(19,20)18-9-8-17-7-3-4-15(17)12(18)2/h3-7,10,12H,8-9H2,1-2H3/t12-/m0/s1. The van der Waals surface area contributed by atoms with E-state index in [1.165, 1.54) is 0 Å². The molecule has 0 N–H and O–H groups in total. The van der Waals surface area contributed by atoms with Gasteiger partial charge < -0.3 is 4.57 Å². The first kappa shape index (κ1) is 14.8. The van der Waals surface area contributed by atoms with Crippen LogP contribution in [0.5, 0.6) is 0 Å². The second-order valence-electron chi connectivity index (χ2n) is 5.33. The number of hydrogen-bond acceptors (Lipinski definition) is 2. The van der Waals surface area contributed by atoms with Gasteiger partial charge in [-0.25, -0.2) is 8.42 Å². The van der Waals surface area contributed by atoms with Crippen molar-refractivity contribution in [2.45, 2.75) is 31.3 Å². The largest absolute Gasteiger partial charge is 0.349 e. The van der Waals surface area contributed by atoms with Crippen molar-refractivity contribution in [3.05, 3.63) is 52.3 Å². The predicted molar refractivity (Wildman–Crippen MR) is 85.6 cm³/mol. The number of nitrogens with zero attached hydrogens (tertiary/aromatic N) is 2. The lowest BCUT2D eigenvalue weighted by Crippen LogP contribution is -2.40. The Bertz CT molecular complexity index is 783. The Balaban J connectivity index is 2.01. The van der Waals surface area contributed by atoms with E-state index in [9.17, 15) is 8.42 Å². The molecule has 2 aromatic rings. The van der Waals surface area contributed by atoms with E-state index < -0.39 is 10.0 Å². The Kier molecular flexibility index (Phi) is 3.71. The summed E-state index contributed by atoms with van der Waals surface area (Å²) in [5, 5.41) is 0. The number of rotatable bonds is 2. The quantitative estimate of drug-likeness (QED) is 0.815. The first-order chi connectivity index (χ1) is 9.91. The molecule has 1 aromatic carbocycles. The minimum Gasteiger partial charge on any atom is -0.349 e. The molecule has 3 rings (SSSR count). The molecule has 21 heavy (non-hydrogen) atoms. The third-order valence-corrected chi connectivity index (χ3v) is 6.88. The van der Waals surface area contributed by atoms with Crippen LogP contribution in [-0.4, -0.2) is 23.8 Å². The molecule has 0 unspecified atom stereocenters. The number of sulfonamides is 1. The van der Waals surface area contributed by atoms with Crippen LogP contribution < -0.4 is 0 Å². The minimum absolute atomic E-state index is 0.150. The highest BCUT2D eigenvalue weighted by molar-refractivity contribution is 9.10. The van der Waals surface area contributed by atoms with Gasteiger partial charge in [-0.3, -0.25) is 0 Å². The Hall–Kier alpha value is -1.11. The van der Waals surface area contributed by atoms with E-state index in [0.29, 0.717) is 18.0 Å². The van der Waals surface area contributed by atoms with Crippen molar-refractivity contribution in [2.75, 3.05) is 6.54 Å². The predicted octanol–water partition coefficient (Wildman–Crippen LogP) is 3.32. The summed E-state index contributed by atoms with van der Waals surface area (Å²) in [6.45, 7) is 5.03. The van der Waals surface area contributed by atoms with E-state index in [-0.39, 0.29) is 6.04 Å². The molecule has 1 atom stereocenters. The topological polar surface area (TPSA) is 42.3 Å². The summed E-state index contributed by atoms with van der Waals surface area (Å²) < 4.78 is 30.4. The lowest BCUT2D eigenvalue weighted by Gasteiger charge is -2.34. The van der Waals surface area contributed by atoms with Gasteiger partial charge in [0.05, 0.1) is 10.9 Å². The third kappa shape index (κ3) is 2.45. The molecular formula is C15H17BrN2O2S. The van der Waals surface area contributed by atoms with Gasteiger partial charge in [-0.1, -0.05) is 15.9 Å². The summed E-state index contributed by atoms with van der Waals surface area (Å²) in [6, 6.07) is 8.97. The van der Waals surface area contributed by atoms with E-state index in [1.54, 1.807) is 22.5 Å². The second-order valence-corrected chi connectivity index (χ2v) is 8.07. The van der Waals surface area contributed by atoms with E-state index in [2.05, 4.69) is 20.5 Å². The molecule has 0 saturated heterocycles. The molecule has 0 spiro atoms. The second kappa shape index (κ2) is 5.26. The number of fused-ring (bicyclic) bond motifs is 1. The first-order valence-corrected chi connectivity index (χ1v) is 9.07. The number of aryl methyl sites for hydroxylation is 1. The SMILES string of the molecule is Cc1cc(S(=O)(=O)N2CCn3cccc3[C@@H]2C)ccc1Br. The van der Waals surface area contributed by atoms with Crippen molar-refractivity contribution < 1.29 is 8.42 Å². The molecule has 0 fully saturated rings. The van der Waals surface area contributed by atoms with Gasteiger partial charge in [-0.2, -0.15) is 4.31 Å². The maximum atomic E-state index is 12.9. The van der Waals surface area contributed by atoms with Crippen LogP contribution in [-0.2, 0) is 16.6 Å². The molecule has 1 aliphatic rings. The minimum atomic E-state index is -3.47. The van der Waals surface area contributed by atoms with Crippen LogP contribution in [0.2, 0.25) is 0 Å². The molecule has 4 nitrogen and oxygen atoms in total. The van der Waals surface area contributed by atoms with Gasteiger partial charge in [0.15, 0.2) is 0 Å². The number of aromatic nitrogens is 1. The maximum Gasteiger partial charge on any atom is 0.243 e. The molecule has 0 amide bonds. The van der Waals surface area contributed by atoms with Crippen molar-refractivity contribution in [3.8, 4) is 0 Å². The molecule has 0 aliphatic carbocycles. The Morgan fingerprint density at radius 2 is 2.00 bits per heavy atom. The Morgan fingerprint density at radius 1 is 1.24 bits per heavy atom. The fourth-order valence-electron chi connectivity index (χ4n) is 2.80. The van der Waals surface area contributed by atoms with Gasteiger partial charge in [0, 0.05) is 29.5 Å². The van der Waals surface area contributed by atoms with E-state index in [4.69, 9.17) is 0 Å². The van der Waals surface area contributed by atoms with Gasteiger partial charge in [0.2, 0.25) is 10.0 Å². The lowest BCUT2D eigenvalue weighted by atomic mass is 10.2. The molecular weight excluding hydrogens is 352 g/mol. The summed E-state index contributed by atoms with van der Waals surface area (Å²) in [4.78, 5) is 0.357. The highest BCUT2D eigenvalue weighted by Gasteiger charge is 2.33. The van der Waals surface area contributed by atoms with E-state index in [0.717, 1.165) is 15.7 Å². The zero-order chi connectivity index (χ0) is 15.2. The fourth-order valence-corrected chi connectivity index (χ4v) is 4.73. The molecule has 0 saturated carbocycles. The van der Waals surface area contributed by atoms with E-state index >= 15 is 0 Å². The number of hydrogen-bond donors (Lipinski definition) is 0. The van der Waals surface area contributed by atoms with Crippen molar-refractivity contribution >= 4 is 26.0 Å². The molecule has 6 heteroatoms. The Labute approximate surface area is 133 Å².